The van der Waals surface area contributed by atoms with E-state index in [4.69, 9.17) is 10.8 Å². The molecule has 0 aliphatic carbocycles. The topological polar surface area (TPSA) is 63.3 Å². The number of aliphatic carboxylic acids is 1. The Balaban J connectivity index is 3.32. The molecule has 8 heavy (non-hydrogen) atoms. The van der Waals surface area contributed by atoms with Crippen LogP contribution in [0.3, 0.4) is 0 Å². The Labute approximate surface area is 56.0 Å². The molecule has 0 aromatic carbocycles. The van der Waals surface area contributed by atoms with E-state index in [0.717, 1.165) is 0 Å². The number of carbonyl (C=O) groups is 1. The van der Waals surface area contributed by atoms with Crippen LogP contribution in [-0.2, 0) is 4.79 Å². The first-order valence-electron chi connectivity index (χ1n) is 2.25. The molecule has 0 spiro atoms. The molecule has 0 aromatic heterocycles. The molecule has 0 saturated heterocycles. The van der Waals surface area contributed by atoms with Crippen LogP contribution in [-0.4, -0.2) is 22.4 Å². The maximum absolute atomic E-state index is 9.99. The number of nitrogens with two attached hydrogens (primary N) is 1. The van der Waals surface area contributed by atoms with Crippen LogP contribution in [0.2, 0.25) is 0 Å². The van der Waals surface area contributed by atoms with Gasteiger partial charge in [0.05, 0.1) is 0 Å². The first-order chi connectivity index (χ1) is 3.68. The van der Waals surface area contributed by atoms with Crippen molar-refractivity contribution >= 4 is 21.9 Å². The maximum atomic E-state index is 9.99. The summed E-state index contributed by atoms with van der Waals surface area (Å²) in [5, 5.41) is 8.21. The minimum Gasteiger partial charge on any atom is -0.480 e. The third-order valence-electron chi connectivity index (χ3n) is 0.688. The highest BCUT2D eigenvalue weighted by Gasteiger charge is 2.09. The highest BCUT2D eigenvalue weighted by atomic mass is 79.9. The molecule has 0 amide bonds. The van der Waals surface area contributed by atoms with Gasteiger partial charge in [-0.25, -0.2) is 0 Å². The van der Waals surface area contributed by atoms with Crippen molar-refractivity contribution in [3.05, 3.63) is 0 Å². The van der Waals surface area contributed by atoms with Gasteiger partial charge in [0.15, 0.2) is 0 Å². The molecule has 0 aliphatic rings. The van der Waals surface area contributed by atoms with E-state index in [-0.39, 0.29) is 0 Å². The molecule has 1 unspecified atom stereocenters. The van der Waals surface area contributed by atoms with Gasteiger partial charge in [-0.15, -0.1) is 0 Å². The molecule has 3 N–H and O–H groups in total. The zero-order valence-corrected chi connectivity index (χ0v) is 5.89. The summed E-state index contributed by atoms with van der Waals surface area (Å²) in [6.45, 7) is 0.405. The van der Waals surface area contributed by atoms with Crippen LogP contribution in [0, 0.1) is 0 Å². The van der Waals surface area contributed by atoms with Gasteiger partial charge in [-0.1, -0.05) is 15.9 Å². The van der Waals surface area contributed by atoms with Gasteiger partial charge in [-0.3, -0.25) is 4.79 Å². The van der Waals surface area contributed by atoms with Crippen molar-refractivity contribution in [3.8, 4) is 0 Å². The Bertz CT molecular complexity index is 86.1. The number of halogens is 1. The van der Waals surface area contributed by atoms with E-state index < -0.39 is 10.8 Å². The first kappa shape index (κ1) is 7.91. The molecule has 3 nitrogen and oxygen atoms in total. The predicted molar refractivity (Wildman–Crippen MR) is 34.0 cm³/mol. The summed E-state index contributed by atoms with van der Waals surface area (Å²) < 4.78 is 0. The van der Waals surface area contributed by atoms with E-state index in [1.807, 2.05) is 0 Å². The lowest BCUT2D eigenvalue weighted by Crippen LogP contribution is -2.16. The molecular formula is C4H8BrNO2. The Morgan fingerprint density at radius 3 is 2.50 bits per heavy atom. The maximum Gasteiger partial charge on any atom is 0.317 e. The predicted octanol–water partition coefficient (Wildman–Crippen LogP) is 0.183. The van der Waals surface area contributed by atoms with Gasteiger partial charge >= 0.3 is 5.97 Å². The third kappa shape index (κ3) is 2.98. The molecule has 0 radical (unpaired) electrons. The summed E-state index contributed by atoms with van der Waals surface area (Å²) in [4.78, 5) is 9.51. The van der Waals surface area contributed by atoms with Crippen molar-refractivity contribution in [2.45, 2.75) is 11.2 Å². The largest absolute Gasteiger partial charge is 0.480 e. The zero-order valence-electron chi connectivity index (χ0n) is 4.30. The summed E-state index contributed by atoms with van der Waals surface area (Å²) in [5.41, 5.74) is 5.07. The highest BCUT2D eigenvalue weighted by Crippen LogP contribution is 2.02. The summed E-state index contributed by atoms with van der Waals surface area (Å²) in [7, 11) is 0. The number of hydrogen-bond acceptors (Lipinski definition) is 2. The van der Waals surface area contributed by atoms with Crippen LogP contribution in [0.5, 0.6) is 0 Å². The Kier molecular flexibility index (Phi) is 3.81. The van der Waals surface area contributed by atoms with E-state index in [1.165, 1.54) is 0 Å². The molecular weight excluding hydrogens is 174 g/mol. The molecule has 0 heterocycles. The van der Waals surface area contributed by atoms with Crippen LogP contribution >= 0.6 is 15.9 Å². The SMILES string of the molecule is NCCC(Br)C(=O)O. The monoisotopic (exact) mass is 181 g/mol. The van der Waals surface area contributed by atoms with E-state index in [1.54, 1.807) is 0 Å². The van der Waals surface area contributed by atoms with E-state index in [0.29, 0.717) is 13.0 Å². The third-order valence-corrected chi connectivity index (χ3v) is 1.54. The molecule has 4 heteroatoms. The van der Waals surface area contributed by atoms with Crippen LogP contribution in [0.15, 0.2) is 0 Å². The minimum absolute atomic E-state index is 0.405. The average Bonchev–Trinajstić information content (AvgIpc) is 1.67. The van der Waals surface area contributed by atoms with Crippen molar-refractivity contribution < 1.29 is 9.90 Å². The van der Waals surface area contributed by atoms with Crippen LogP contribution in [0.4, 0.5) is 0 Å². The molecule has 0 aromatic rings. The van der Waals surface area contributed by atoms with Crippen LogP contribution < -0.4 is 5.73 Å². The number of hydrogen-bond donors (Lipinski definition) is 2. The smallest absolute Gasteiger partial charge is 0.317 e. The number of alkyl halides is 1. The van der Waals surface area contributed by atoms with Gasteiger partial charge in [-0.05, 0) is 13.0 Å². The molecule has 0 aliphatic heterocycles. The second kappa shape index (κ2) is 3.86. The molecule has 0 bridgehead atoms. The Morgan fingerprint density at radius 1 is 1.88 bits per heavy atom. The molecule has 48 valence electrons. The second-order valence-corrected chi connectivity index (χ2v) is 2.49. The fourth-order valence-corrected chi connectivity index (χ4v) is 0.534. The summed E-state index contributed by atoms with van der Waals surface area (Å²) >= 11 is 2.92. The Morgan fingerprint density at radius 2 is 2.38 bits per heavy atom. The van der Waals surface area contributed by atoms with E-state index >= 15 is 0 Å². The van der Waals surface area contributed by atoms with Crippen LogP contribution in [0.1, 0.15) is 6.42 Å². The standard InChI is InChI=1S/C4H8BrNO2/c5-3(1-2-6)4(7)8/h3H,1-2,6H2,(H,7,8). The van der Waals surface area contributed by atoms with Crippen molar-refractivity contribution in [2.24, 2.45) is 5.73 Å². The fraction of sp³-hybridized carbons (Fsp3) is 0.750. The lowest BCUT2D eigenvalue weighted by Gasteiger charge is -1.98. The quantitative estimate of drug-likeness (QED) is 0.612. The minimum atomic E-state index is -0.851. The lowest BCUT2D eigenvalue weighted by atomic mass is 10.3. The molecule has 0 saturated carbocycles. The van der Waals surface area contributed by atoms with Gasteiger partial charge < -0.3 is 10.8 Å². The summed E-state index contributed by atoms with van der Waals surface area (Å²) in [6, 6.07) is 0. The first-order valence-corrected chi connectivity index (χ1v) is 3.17. The molecule has 0 fully saturated rings. The number of carboxylic acids is 1. The average molecular weight is 182 g/mol. The number of rotatable bonds is 3. The summed E-state index contributed by atoms with van der Waals surface area (Å²) in [6.07, 6.45) is 0.481. The molecule has 1 atom stereocenters. The van der Waals surface area contributed by atoms with E-state index in [9.17, 15) is 4.79 Å². The number of carboxylic acid groups (broad SMARTS) is 1. The van der Waals surface area contributed by atoms with Gasteiger partial charge in [0.1, 0.15) is 4.83 Å². The second-order valence-electron chi connectivity index (χ2n) is 1.38. The van der Waals surface area contributed by atoms with Gasteiger partial charge in [-0.2, -0.15) is 0 Å². The lowest BCUT2D eigenvalue weighted by molar-refractivity contribution is -0.136. The van der Waals surface area contributed by atoms with Crippen molar-refractivity contribution in [3.63, 3.8) is 0 Å². The normalized spacial score (nSPS) is 13.2. The van der Waals surface area contributed by atoms with Crippen LogP contribution in [0.25, 0.3) is 0 Å². The van der Waals surface area contributed by atoms with Gasteiger partial charge in [0.2, 0.25) is 0 Å². The summed E-state index contributed by atoms with van der Waals surface area (Å²) in [5.74, 6) is -0.851. The van der Waals surface area contributed by atoms with Crippen molar-refractivity contribution in [2.75, 3.05) is 6.54 Å². The zero-order chi connectivity index (χ0) is 6.57. The van der Waals surface area contributed by atoms with Gasteiger partial charge in [0.25, 0.3) is 0 Å². The highest BCUT2D eigenvalue weighted by molar-refractivity contribution is 9.10. The molecule has 0 rings (SSSR count). The van der Waals surface area contributed by atoms with Crippen molar-refractivity contribution in [1.82, 2.24) is 0 Å². The Hall–Kier alpha value is -0.0900. The fourth-order valence-electron chi connectivity index (χ4n) is 0.270. The van der Waals surface area contributed by atoms with Crippen molar-refractivity contribution in [1.29, 1.82) is 0 Å². The van der Waals surface area contributed by atoms with Gasteiger partial charge in [0, 0.05) is 0 Å². The van der Waals surface area contributed by atoms with E-state index in [2.05, 4.69) is 15.9 Å².